The second kappa shape index (κ2) is 13.3. The molecule has 8 nitrogen and oxygen atoms in total. The van der Waals surface area contributed by atoms with Crippen molar-refractivity contribution in [3.63, 3.8) is 0 Å². The van der Waals surface area contributed by atoms with E-state index < -0.39 is 0 Å². The number of methoxy groups -OCH3 is 2. The van der Waals surface area contributed by atoms with E-state index in [0.717, 1.165) is 0 Å². The highest BCUT2D eigenvalue weighted by Crippen LogP contribution is 2.27. The molecule has 0 saturated carbocycles. The van der Waals surface area contributed by atoms with Crippen LogP contribution in [0.3, 0.4) is 0 Å². The minimum absolute atomic E-state index is 0.167. The maximum absolute atomic E-state index is 14.1. The summed E-state index contributed by atoms with van der Waals surface area (Å²) in [5, 5.41) is 12.1. The van der Waals surface area contributed by atoms with Crippen LogP contribution in [0.1, 0.15) is 51.5 Å². The zero-order valence-electron chi connectivity index (χ0n) is 22.8. The van der Waals surface area contributed by atoms with Gasteiger partial charge in [0.1, 0.15) is 17.3 Å². The number of nitrogens with one attached hydrogen (secondary N) is 1. The van der Waals surface area contributed by atoms with Crippen molar-refractivity contribution in [2.45, 2.75) is 37.8 Å². The van der Waals surface area contributed by atoms with Crippen molar-refractivity contribution < 1.29 is 23.5 Å². The van der Waals surface area contributed by atoms with Crippen molar-refractivity contribution in [3.8, 4) is 11.5 Å². The SMILES string of the molecule is COc1ccc(OC)c(C(=O)c2ccc(C(=O)NCc3nnc(SCc4ccccc4F)n3CC(C)C)cc2)c1. The average Bonchev–Trinajstić information content (AvgIpc) is 3.35. The fourth-order valence-corrected chi connectivity index (χ4v) is 5.00. The molecule has 10 heteroatoms. The molecule has 1 aromatic heterocycles. The summed E-state index contributed by atoms with van der Waals surface area (Å²) in [7, 11) is 3.03. The van der Waals surface area contributed by atoms with Crippen LogP contribution in [0.2, 0.25) is 0 Å². The molecule has 1 N–H and O–H groups in total. The Morgan fingerprint density at radius 2 is 1.70 bits per heavy atom. The minimum atomic E-state index is -0.308. The van der Waals surface area contributed by atoms with Crippen molar-refractivity contribution in [2.75, 3.05) is 14.2 Å². The van der Waals surface area contributed by atoms with Crippen molar-refractivity contribution in [2.24, 2.45) is 5.92 Å². The molecule has 4 rings (SSSR count). The predicted octanol–water partition coefficient (Wildman–Crippen LogP) is 5.54. The molecule has 3 aromatic carbocycles. The molecule has 40 heavy (non-hydrogen) atoms. The van der Waals surface area contributed by atoms with Crippen LogP contribution in [0.15, 0.2) is 71.9 Å². The van der Waals surface area contributed by atoms with Gasteiger partial charge in [0, 0.05) is 23.4 Å². The third-order valence-corrected chi connectivity index (χ3v) is 7.14. The molecule has 0 aliphatic carbocycles. The third-order valence-electron chi connectivity index (χ3n) is 6.12. The first-order valence-corrected chi connectivity index (χ1v) is 13.7. The summed E-state index contributed by atoms with van der Waals surface area (Å²) in [5.41, 5.74) is 1.77. The maximum Gasteiger partial charge on any atom is 0.251 e. The zero-order chi connectivity index (χ0) is 28.6. The van der Waals surface area contributed by atoms with Crippen LogP contribution in [-0.4, -0.2) is 40.7 Å². The second-order valence-electron chi connectivity index (χ2n) is 9.44. The van der Waals surface area contributed by atoms with Crippen LogP contribution >= 0.6 is 11.8 Å². The van der Waals surface area contributed by atoms with Gasteiger partial charge in [-0.15, -0.1) is 10.2 Å². The number of ketones is 1. The molecular weight excluding hydrogens is 531 g/mol. The van der Waals surface area contributed by atoms with Gasteiger partial charge in [0.2, 0.25) is 0 Å². The molecule has 0 bridgehead atoms. The second-order valence-corrected chi connectivity index (χ2v) is 10.4. The van der Waals surface area contributed by atoms with Crippen molar-refractivity contribution in [1.82, 2.24) is 20.1 Å². The lowest BCUT2D eigenvalue weighted by Gasteiger charge is -2.13. The summed E-state index contributed by atoms with van der Waals surface area (Å²) in [6, 6.07) is 18.1. The van der Waals surface area contributed by atoms with Crippen molar-refractivity contribution in [3.05, 3.63) is 101 Å². The van der Waals surface area contributed by atoms with Crippen LogP contribution in [0.4, 0.5) is 4.39 Å². The smallest absolute Gasteiger partial charge is 0.251 e. The van der Waals surface area contributed by atoms with Crippen LogP contribution in [0.25, 0.3) is 0 Å². The highest BCUT2D eigenvalue weighted by atomic mass is 32.2. The summed E-state index contributed by atoms with van der Waals surface area (Å²) >= 11 is 1.40. The lowest BCUT2D eigenvalue weighted by molar-refractivity contribution is 0.0947. The number of hydrogen-bond donors (Lipinski definition) is 1. The van der Waals surface area contributed by atoms with Gasteiger partial charge in [0.15, 0.2) is 16.8 Å². The molecular formula is C30H31FN4O4S. The van der Waals surface area contributed by atoms with E-state index in [1.807, 2.05) is 4.57 Å². The molecule has 0 saturated heterocycles. The Hall–Kier alpha value is -4.18. The number of aromatic nitrogens is 3. The first-order valence-electron chi connectivity index (χ1n) is 12.7. The first-order chi connectivity index (χ1) is 19.3. The summed E-state index contributed by atoms with van der Waals surface area (Å²) in [6.45, 7) is 4.98. The number of carbonyl (C=O) groups excluding carboxylic acids is 2. The van der Waals surface area contributed by atoms with E-state index >= 15 is 0 Å². The number of halogens is 1. The van der Waals surface area contributed by atoms with E-state index in [0.29, 0.717) is 62.9 Å². The van der Waals surface area contributed by atoms with Crippen LogP contribution in [0.5, 0.6) is 11.5 Å². The molecule has 0 radical (unpaired) electrons. The van der Waals surface area contributed by atoms with E-state index in [2.05, 4.69) is 29.4 Å². The normalized spacial score (nSPS) is 10.9. The van der Waals surface area contributed by atoms with E-state index in [4.69, 9.17) is 9.47 Å². The Kier molecular flexibility index (Phi) is 9.55. The Labute approximate surface area is 236 Å². The Morgan fingerprint density at radius 3 is 2.38 bits per heavy atom. The zero-order valence-corrected chi connectivity index (χ0v) is 23.6. The summed E-state index contributed by atoms with van der Waals surface area (Å²) in [5.74, 6) is 1.50. The molecule has 1 amide bonds. The largest absolute Gasteiger partial charge is 0.497 e. The van der Waals surface area contributed by atoms with Crippen LogP contribution in [-0.2, 0) is 18.8 Å². The monoisotopic (exact) mass is 562 g/mol. The van der Waals surface area contributed by atoms with E-state index in [1.54, 1.807) is 60.7 Å². The van der Waals surface area contributed by atoms with Crippen molar-refractivity contribution >= 4 is 23.5 Å². The number of benzene rings is 3. The maximum atomic E-state index is 14.1. The molecule has 0 spiro atoms. The van der Waals surface area contributed by atoms with Crippen molar-refractivity contribution in [1.29, 1.82) is 0 Å². The summed E-state index contributed by atoms with van der Waals surface area (Å²) < 4.78 is 26.6. The average molecular weight is 563 g/mol. The number of thioether (sulfide) groups is 1. The van der Waals surface area contributed by atoms with Gasteiger partial charge in [0.25, 0.3) is 5.91 Å². The van der Waals surface area contributed by atoms with Gasteiger partial charge < -0.3 is 19.4 Å². The lowest BCUT2D eigenvalue weighted by Crippen LogP contribution is -2.25. The van der Waals surface area contributed by atoms with E-state index in [-0.39, 0.29) is 24.1 Å². The number of hydrogen-bond acceptors (Lipinski definition) is 7. The number of ether oxygens (including phenoxy) is 2. The summed E-state index contributed by atoms with van der Waals surface area (Å²) in [4.78, 5) is 26.0. The Balaban J connectivity index is 1.43. The molecule has 0 unspecified atom stereocenters. The molecule has 0 aliphatic rings. The van der Waals surface area contributed by atoms with Crippen LogP contribution in [0, 0.1) is 11.7 Å². The third kappa shape index (κ3) is 6.87. The van der Waals surface area contributed by atoms with Gasteiger partial charge >= 0.3 is 0 Å². The first kappa shape index (κ1) is 28.8. The standard InChI is InChI=1S/C30H31FN4O4S/c1-19(2)17-35-27(33-34-30(35)40-18-22-7-5-6-8-25(22)31)16-32-29(37)21-11-9-20(10-12-21)28(36)24-15-23(38-3)13-14-26(24)39-4/h5-15,19H,16-18H2,1-4H3,(H,32,37). The molecule has 4 aromatic rings. The predicted molar refractivity (Wildman–Crippen MR) is 151 cm³/mol. The van der Waals surface area contributed by atoms with Gasteiger partial charge in [-0.05, 0) is 47.9 Å². The topological polar surface area (TPSA) is 95.3 Å². The molecule has 208 valence electrons. The van der Waals surface area contributed by atoms with Gasteiger partial charge in [-0.1, -0.05) is 55.9 Å². The van der Waals surface area contributed by atoms with Gasteiger partial charge in [-0.2, -0.15) is 0 Å². The fraction of sp³-hybridized carbons (Fsp3) is 0.267. The van der Waals surface area contributed by atoms with E-state index in [9.17, 15) is 14.0 Å². The highest BCUT2D eigenvalue weighted by molar-refractivity contribution is 7.98. The fourth-order valence-electron chi connectivity index (χ4n) is 4.04. The molecule has 1 heterocycles. The Morgan fingerprint density at radius 1 is 0.975 bits per heavy atom. The number of rotatable bonds is 12. The van der Waals surface area contributed by atoms with E-state index in [1.165, 1.54) is 32.0 Å². The van der Waals surface area contributed by atoms with Gasteiger partial charge in [-0.25, -0.2) is 4.39 Å². The quantitative estimate of drug-likeness (QED) is 0.179. The molecule has 0 atom stereocenters. The Bertz CT molecular complexity index is 1490. The number of amides is 1. The minimum Gasteiger partial charge on any atom is -0.497 e. The number of nitrogens with zero attached hydrogens (tertiary/aromatic N) is 3. The van der Waals surface area contributed by atoms with Gasteiger partial charge in [0.05, 0.1) is 26.3 Å². The molecule has 0 aliphatic heterocycles. The van der Waals surface area contributed by atoms with Crippen LogP contribution < -0.4 is 14.8 Å². The van der Waals surface area contributed by atoms with Gasteiger partial charge in [-0.3, -0.25) is 9.59 Å². The summed E-state index contributed by atoms with van der Waals surface area (Å²) in [6.07, 6.45) is 0. The lowest BCUT2D eigenvalue weighted by atomic mass is 10.0. The highest BCUT2D eigenvalue weighted by Gasteiger charge is 2.18. The molecule has 0 fully saturated rings. The number of carbonyl (C=O) groups is 2.